The first-order valence-electron chi connectivity index (χ1n) is 6.78. The third-order valence-electron chi connectivity index (χ3n) is 3.90. The number of aryl methyl sites for hydroxylation is 2. The van der Waals surface area contributed by atoms with E-state index in [1.165, 1.54) is 16.7 Å². The molecule has 18 heavy (non-hydrogen) atoms. The van der Waals surface area contributed by atoms with Crippen LogP contribution in [0.4, 0.5) is 0 Å². The highest BCUT2D eigenvalue weighted by molar-refractivity contribution is 5.81. The van der Waals surface area contributed by atoms with E-state index < -0.39 is 0 Å². The first kappa shape index (κ1) is 14.9. The zero-order valence-corrected chi connectivity index (χ0v) is 12.6. The fourth-order valence-corrected chi connectivity index (χ4v) is 1.92. The fraction of sp³-hybridized carbons (Fsp3) is 0.588. The molecule has 0 aliphatic carbocycles. The summed E-state index contributed by atoms with van der Waals surface area (Å²) in [5.74, 6) is 0.779. The maximum Gasteiger partial charge on any atom is 0.137 e. The second-order valence-corrected chi connectivity index (χ2v) is 6.62. The summed E-state index contributed by atoms with van der Waals surface area (Å²) in [6, 6.07) is 6.33. The molecular weight excluding hydrogens is 220 g/mol. The molecule has 100 valence electrons. The molecule has 0 saturated carbocycles. The van der Waals surface area contributed by atoms with Crippen LogP contribution >= 0.6 is 0 Å². The van der Waals surface area contributed by atoms with Gasteiger partial charge in [0, 0.05) is 12.8 Å². The molecule has 0 spiro atoms. The first-order valence-corrected chi connectivity index (χ1v) is 6.78. The third kappa shape index (κ3) is 4.29. The third-order valence-corrected chi connectivity index (χ3v) is 3.90. The molecule has 1 aromatic carbocycles. The molecule has 0 radical (unpaired) electrons. The van der Waals surface area contributed by atoms with Crippen LogP contribution in [0.1, 0.15) is 50.8 Å². The number of Topliss-reactive ketones (excluding diaryl/α,β-unsaturated/α-hetero) is 1. The lowest BCUT2D eigenvalue weighted by Gasteiger charge is -2.26. The molecule has 0 bridgehead atoms. The zero-order chi connectivity index (χ0) is 13.9. The van der Waals surface area contributed by atoms with Gasteiger partial charge in [0.2, 0.25) is 0 Å². The van der Waals surface area contributed by atoms with Crippen LogP contribution in [0, 0.1) is 25.2 Å². The number of carbonyl (C=O) groups excluding carboxylic acids is 1. The zero-order valence-electron chi connectivity index (χ0n) is 12.6. The van der Waals surface area contributed by atoms with Gasteiger partial charge >= 0.3 is 0 Å². The SMILES string of the molecule is Cc1ccc(C)c(CC(=O)CC(C)C(C)(C)C)c1. The van der Waals surface area contributed by atoms with E-state index in [4.69, 9.17) is 0 Å². The Morgan fingerprint density at radius 2 is 1.83 bits per heavy atom. The van der Waals surface area contributed by atoms with Crippen molar-refractivity contribution < 1.29 is 4.79 Å². The Balaban J connectivity index is 2.68. The number of rotatable bonds is 4. The molecule has 0 fully saturated rings. The fourth-order valence-electron chi connectivity index (χ4n) is 1.92. The Bertz CT molecular complexity index is 424. The van der Waals surface area contributed by atoms with Crippen LogP contribution in [0.25, 0.3) is 0 Å². The van der Waals surface area contributed by atoms with Gasteiger partial charge < -0.3 is 0 Å². The van der Waals surface area contributed by atoms with E-state index in [0.717, 1.165) is 0 Å². The summed E-state index contributed by atoms with van der Waals surface area (Å²) in [5, 5.41) is 0. The van der Waals surface area contributed by atoms with Gasteiger partial charge in [-0.15, -0.1) is 0 Å². The van der Waals surface area contributed by atoms with Gasteiger partial charge in [0.1, 0.15) is 5.78 Å². The summed E-state index contributed by atoms with van der Waals surface area (Å²) in [5.41, 5.74) is 3.84. The Morgan fingerprint density at radius 1 is 1.22 bits per heavy atom. The highest BCUT2D eigenvalue weighted by Crippen LogP contribution is 2.28. The lowest BCUT2D eigenvalue weighted by atomic mass is 9.78. The second kappa shape index (κ2) is 5.69. The van der Waals surface area contributed by atoms with E-state index >= 15 is 0 Å². The summed E-state index contributed by atoms with van der Waals surface area (Å²) < 4.78 is 0. The summed E-state index contributed by atoms with van der Waals surface area (Å²) in [6.07, 6.45) is 1.25. The number of ketones is 1. The van der Waals surface area contributed by atoms with E-state index in [9.17, 15) is 4.79 Å². The Kier molecular flexibility index (Phi) is 4.72. The molecule has 1 heteroatoms. The summed E-state index contributed by atoms with van der Waals surface area (Å²) in [4.78, 5) is 12.1. The van der Waals surface area contributed by atoms with Gasteiger partial charge in [0.15, 0.2) is 0 Å². The maximum atomic E-state index is 12.1. The van der Waals surface area contributed by atoms with Gasteiger partial charge in [-0.1, -0.05) is 51.5 Å². The lowest BCUT2D eigenvalue weighted by molar-refractivity contribution is -0.120. The Labute approximate surface area is 112 Å². The maximum absolute atomic E-state index is 12.1. The van der Waals surface area contributed by atoms with Gasteiger partial charge in [-0.25, -0.2) is 0 Å². The van der Waals surface area contributed by atoms with Gasteiger partial charge in [-0.3, -0.25) is 4.79 Å². The Morgan fingerprint density at radius 3 is 2.39 bits per heavy atom. The molecule has 0 aromatic heterocycles. The molecule has 1 aromatic rings. The van der Waals surface area contributed by atoms with E-state index in [2.05, 4.69) is 59.7 Å². The predicted molar refractivity (Wildman–Crippen MR) is 77.9 cm³/mol. The molecule has 1 unspecified atom stereocenters. The van der Waals surface area contributed by atoms with Crippen molar-refractivity contribution in [3.8, 4) is 0 Å². The molecular formula is C17H26O. The highest BCUT2D eigenvalue weighted by Gasteiger charge is 2.22. The minimum absolute atomic E-state index is 0.206. The largest absolute Gasteiger partial charge is 0.299 e. The van der Waals surface area contributed by atoms with Crippen LogP contribution in [0.15, 0.2) is 18.2 Å². The van der Waals surface area contributed by atoms with Crippen molar-refractivity contribution in [2.75, 3.05) is 0 Å². The van der Waals surface area contributed by atoms with Crippen molar-refractivity contribution in [3.63, 3.8) is 0 Å². The summed E-state index contributed by atoms with van der Waals surface area (Å²) in [7, 11) is 0. The number of hydrogen-bond acceptors (Lipinski definition) is 1. The van der Waals surface area contributed by atoms with Crippen molar-refractivity contribution in [2.45, 2.75) is 54.4 Å². The van der Waals surface area contributed by atoms with E-state index in [0.29, 0.717) is 24.5 Å². The molecule has 0 saturated heterocycles. The van der Waals surface area contributed by atoms with E-state index in [1.807, 2.05) is 0 Å². The normalized spacial score (nSPS) is 13.4. The number of benzene rings is 1. The van der Waals surface area contributed by atoms with E-state index in [-0.39, 0.29) is 5.41 Å². The van der Waals surface area contributed by atoms with Crippen LogP contribution in [-0.4, -0.2) is 5.78 Å². The summed E-state index contributed by atoms with van der Waals surface area (Å²) >= 11 is 0. The van der Waals surface area contributed by atoms with Crippen LogP contribution in [0.5, 0.6) is 0 Å². The van der Waals surface area contributed by atoms with Crippen LogP contribution in [0.2, 0.25) is 0 Å². The molecule has 0 N–H and O–H groups in total. The molecule has 1 nitrogen and oxygen atoms in total. The molecule has 0 aliphatic heterocycles. The minimum atomic E-state index is 0.206. The van der Waals surface area contributed by atoms with Gasteiger partial charge in [-0.05, 0) is 36.3 Å². The van der Waals surface area contributed by atoms with E-state index in [1.54, 1.807) is 0 Å². The van der Waals surface area contributed by atoms with Crippen LogP contribution < -0.4 is 0 Å². The van der Waals surface area contributed by atoms with Gasteiger partial charge in [0.05, 0.1) is 0 Å². The smallest absolute Gasteiger partial charge is 0.137 e. The van der Waals surface area contributed by atoms with Gasteiger partial charge in [0.25, 0.3) is 0 Å². The molecule has 0 heterocycles. The topological polar surface area (TPSA) is 17.1 Å². The highest BCUT2D eigenvalue weighted by atomic mass is 16.1. The predicted octanol–water partition coefficient (Wildman–Crippen LogP) is 4.49. The molecule has 0 amide bonds. The quantitative estimate of drug-likeness (QED) is 0.765. The van der Waals surface area contributed by atoms with Gasteiger partial charge in [-0.2, -0.15) is 0 Å². The van der Waals surface area contributed by atoms with Crippen molar-refractivity contribution in [2.24, 2.45) is 11.3 Å². The standard InChI is InChI=1S/C17H26O/c1-12-7-8-13(2)15(9-12)11-16(18)10-14(3)17(4,5)6/h7-9,14H,10-11H2,1-6H3. The first-order chi connectivity index (χ1) is 8.20. The second-order valence-electron chi connectivity index (χ2n) is 6.62. The number of hydrogen-bond donors (Lipinski definition) is 0. The molecule has 0 aliphatic rings. The average Bonchev–Trinajstić information content (AvgIpc) is 2.22. The summed E-state index contributed by atoms with van der Waals surface area (Å²) in [6.45, 7) is 12.9. The molecule has 1 atom stereocenters. The van der Waals surface area contributed by atoms with Crippen molar-refractivity contribution >= 4 is 5.78 Å². The number of carbonyl (C=O) groups is 1. The van der Waals surface area contributed by atoms with Crippen LogP contribution in [-0.2, 0) is 11.2 Å². The van der Waals surface area contributed by atoms with Crippen molar-refractivity contribution in [3.05, 3.63) is 34.9 Å². The minimum Gasteiger partial charge on any atom is -0.299 e. The molecule has 1 rings (SSSR count). The lowest BCUT2D eigenvalue weighted by Crippen LogP contribution is -2.21. The Hall–Kier alpha value is -1.11. The average molecular weight is 246 g/mol. The van der Waals surface area contributed by atoms with Crippen molar-refractivity contribution in [1.82, 2.24) is 0 Å². The van der Waals surface area contributed by atoms with Crippen molar-refractivity contribution in [1.29, 1.82) is 0 Å². The van der Waals surface area contributed by atoms with Crippen LogP contribution in [0.3, 0.4) is 0 Å². The monoisotopic (exact) mass is 246 g/mol.